The van der Waals surface area contributed by atoms with Gasteiger partial charge in [0.25, 0.3) is 0 Å². The molecule has 3 aromatic rings. The second-order valence-electron chi connectivity index (χ2n) is 7.18. The van der Waals surface area contributed by atoms with Crippen molar-refractivity contribution in [1.82, 2.24) is 4.98 Å². The quantitative estimate of drug-likeness (QED) is 0.452. The van der Waals surface area contributed by atoms with Gasteiger partial charge in [-0.1, -0.05) is 23.4 Å². The van der Waals surface area contributed by atoms with Gasteiger partial charge in [0.2, 0.25) is 0 Å². The molecule has 0 fully saturated rings. The number of anilines is 2. The van der Waals surface area contributed by atoms with Gasteiger partial charge >= 0.3 is 0 Å². The molecule has 0 radical (unpaired) electrons. The number of halogens is 3. The van der Waals surface area contributed by atoms with Gasteiger partial charge < -0.3 is 11.1 Å². The van der Waals surface area contributed by atoms with Crippen LogP contribution in [0.25, 0.3) is 0 Å². The van der Waals surface area contributed by atoms with Crippen LogP contribution in [0.4, 0.5) is 20.3 Å². The van der Waals surface area contributed by atoms with Gasteiger partial charge in [-0.2, -0.15) is 0 Å². The maximum absolute atomic E-state index is 13.8. The number of hydrogen-bond acceptors (Lipinski definition) is 4. The van der Waals surface area contributed by atoms with Crippen LogP contribution in [0.2, 0.25) is 5.02 Å². The highest BCUT2D eigenvalue weighted by Crippen LogP contribution is 2.23. The molecule has 0 unspecified atom stereocenters. The number of aromatic nitrogens is 1. The van der Waals surface area contributed by atoms with Crippen molar-refractivity contribution in [1.29, 1.82) is 0 Å². The van der Waals surface area contributed by atoms with E-state index in [4.69, 9.17) is 17.3 Å². The molecule has 1 aromatic heterocycles. The second-order valence-corrected chi connectivity index (χ2v) is 7.58. The van der Waals surface area contributed by atoms with Crippen LogP contribution < -0.4 is 11.1 Å². The van der Waals surface area contributed by atoms with Crippen LogP contribution >= 0.6 is 11.6 Å². The lowest BCUT2D eigenvalue weighted by atomic mass is 10.0. The van der Waals surface area contributed by atoms with Gasteiger partial charge in [-0.25, -0.2) is 13.8 Å². The predicted octanol–water partition coefficient (Wildman–Crippen LogP) is 5.08. The summed E-state index contributed by atoms with van der Waals surface area (Å²) in [5.74, 6) is 4.38. The zero-order valence-electron chi connectivity index (χ0n) is 16.3. The Morgan fingerprint density at radius 2 is 1.90 bits per heavy atom. The summed E-state index contributed by atoms with van der Waals surface area (Å²) in [6.07, 6.45) is 1.35. The molecule has 0 atom stereocenters. The molecule has 30 heavy (non-hydrogen) atoms. The molecule has 3 rings (SSSR count). The molecule has 0 saturated carbocycles. The van der Waals surface area contributed by atoms with Crippen molar-refractivity contribution in [2.45, 2.75) is 19.4 Å². The van der Waals surface area contributed by atoms with E-state index in [9.17, 15) is 13.6 Å². The lowest BCUT2D eigenvalue weighted by molar-refractivity contribution is 0.103. The standard InChI is InChI=1S/C23H18ClF2N3O/c1-23(2,27)10-9-14-3-6-18(24)17(11-14)22(30)15-4-8-21(28-13-15)29-20-7-5-16(25)12-19(20)26/h3-8,11-13H,27H2,1-2H3,(H,28,29). The Labute approximate surface area is 178 Å². The number of benzene rings is 2. The van der Waals surface area contributed by atoms with Gasteiger partial charge in [0.1, 0.15) is 17.5 Å². The summed E-state index contributed by atoms with van der Waals surface area (Å²) in [5, 5.41) is 3.02. The first-order valence-electron chi connectivity index (χ1n) is 8.97. The van der Waals surface area contributed by atoms with Crippen molar-refractivity contribution < 1.29 is 13.6 Å². The van der Waals surface area contributed by atoms with Crippen LogP contribution in [-0.2, 0) is 0 Å². The van der Waals surface area contributed by atoms with E-state index in [0.717, 1.165) is 12.1 Å². The molecule has 0 aliphatic carbocycles. The van der Waals surface area contributed by atoms with Crippen LogP contribution in [0.15, 0.2) is 54.7 Å². The fourth-order valence-corrected chi connectivity index (χ4v) is 2.70. The molecule has 4 nitrogen and oxygen atoms in total. The minimum atomic E-state index is -0.748. The molecule has 0 amide bonds. The lowest BCUT2D eigenvalue weighted by Gasteiger charge is -2.09. The average Bonchev–Trinajstić information content (AvgIpc) is 2.69. The third-order valence-electron chi connectivity index (χ3n) is 3.96. The van der Waals surface area contributed by atoms with E-state index in [1.165, 1.54) is 24.4 Å². The van der Waals surface area contributed by atoms with Gasteiger partial charge in [-0.15, -0.1) is 0 Å². The SMILES string of the molecule is CC(C)(N)C#Cc1ccc(Cl)c(C(=O)c2ccc(Nc3ccc(F)cc3F)nc2)c1. The van der Waals surface area contributed by atoms with E-state index in [1.807, 2.05) is 0 Å². The molecule has 2 aromatic carbocycles. The van der Waals surface area contributed by atoms with Gasteiger partial charge in [0, 0.05) is 29.0 Å². The monoisotopic (exact) mass is 425 g/mol. The zero-order chi connectivity index (χ0) is 21.9. The average molecular weight is 426 g/mol. The fraction of sp³-hybridized carbons (Fsp3) is 0.130. The largest absolute Gasteiger partial charge is 0.338 e. The molecule has 0 aliphatic rings. The van der Waals surface area contributed by atoms with E-state index in [-0.39, 0.29) is 22.1 Å². The van der Waals surface area contributed by atoms with Gasteiger partial charge in [0.05, 0.1) is 16.2 Å². The Balaban J connectivity index is 1.82. The minimum Gasteiger partial charge on any atom is -0.338 e. The summed E-state index contributed by atoms with van der Waals surface area (Å²) in [7, 11) is 0. The Bertz CT molecular complexity index is 1160. The zero-order valence-corrected chi connectivity index (χ0v) is 17.0. The Morgan fingerprint density at radius 3 is 2.53 bits per heavy atom. The normalized spacial score (nSPS) is 10.9. The maximum Gasteiger partial charge on any atom is 0.196 e. The molecule has 1 heterocycles. The molecule has 0 bridgehead atoms. The molecule has 3 N–H and O–H groups in total. The van der Waals surface area contributed by atoms with Crippen LogP contribution in [0.3, 0.4) is 0 Å². The third-order valence-corrected chi connectivity index (χ3v) is 4.29. The number of carbonyl (C=O) groups excluding carboxylic acids is 1. The highest BCUT2D eigenvalue weighted by molar-refractivity contribution is 6.35. The fourth-order valence-electron chi connectivity index (χ4n) is 2.50. The summed E-state index contributed by atoms with van der Waals surface area (Å²) in [6, 6.07) is 11.1. The topological polar surface area (TPSA) is 68.0 Å². The van der Waals surface area contributed by atoms with Crippen molar-refractivity contribution in [3.8, 4) is 11.8 Å². The number of nitrogens with one attached hydrogen (secondary N) is 1. The van der Waals surface area contributed by atoms with E-state index >= 15 is 0 Å². The summed E-state index contributed by atoms with van der Waals surface area (Å²) in [5.41, 5.74) is 6.46. The van der Waals surface area contributed by atoms with Gasteiger partial charge in [-0.3, -0.25) is 4.79 Å². The number of carbonyl (C=O) groups is 1. The highest BCUT2D eigenvalue weighted by Gasteiger charge is 2.15. The van der Waals surface area contributed by atoms with E-state index < -0.39 is 17.2 Å². The molecular weight excluding hydrogens is 408 g/mol. The minimum absolute atomic E-state index is 0.0696. The molecule has 0 aliphatic heterocycles. The van der Waals surface area contributed by atoms with Crippen molar-refractivity contribution in [3.05, 3.63) is 88.1 Å². The Kier molecular flexibility index (Phi) is 6.16. The number of rotatable bonds is 4. The first-order chi connectivity index (χ1) is 14.1. The van der Waals surface area contributed by atoms with Crippen molar-refractivity contribution in [3.63, 3.8) is 0 Å². The number of hydrogen-bond donors (Lipinski definition) is 2. The number of pyridine rings is 1. The summed E-state index contributed by atoms with van der Waals surface area (Å²) >= 11 is 6.20. The smallest absolute Gasteiger partial charge is 0.196 e. The lowest BCUT2D eigenvalue weighted by Crippen LogP contribution is -2.29. The molecule has 0 spiro atoms. The maximum atomic E-state index is 13.8. The first kappa shape index (κ1) is 21.4. The van der Waals surface area contributed by atoms with Gasteiger partial charge in [0.15, 0.2) is 5.78 Å². The van der Waals surface area contributed by atoms with Gasteiger partial charge in [-0.05, 0) is 56.3 Å². The van der Waals surface area contributed by atoms with Crippen LogP contribution in [-0.4, -0.2) is 16.3 Å². The number of ketones is 1. The van der Waals surface area contributed by atoms with Crippen LogP contribution in [0.5, 0.6) is 0 Å². The predicted molar refractivity (Wildman–Crippen MR) is 114 cm³/mol. The highest BCUT2D eigenvalue weighted by atomic mass is 35.5. The van der Waals surface area contributed by atoms with E-state index in [2.05, 4.69) is 22.1 Å². The summed E-state index contributed by atoms with van der Waals surface area (Å²) in [6.45, 7) is 3.56. The van der Waals surface area contributed by atoms with Crippen molar-refractivity contribution in [2.24, 2.45) is 5.73 Å². The Morgan fingerprint density at radius 1 is 1.13 bits per heavy atom. The van der Waals surface area contributed by atoms with Crippen LogP contribution in [0, 0.1) is 23.5 Å². The molecule has 152 valence electrons. The molecule has 0 saturated heterocycles. The third kappa shape index (κ3) is 5.41. The Hall–Kier alpha value is -3.27. The number of nitrogens with two attached hydrogens (primary N) is 1. The molecule has 7 heteroatoms. The molecular formula is C23H18ClF2N3O. The first-order valence-corrected chi connectivity index (χ1v) is 9.34. The van der Waals surface area contributed by atoms with Crippen LogP contribution in [0.1, 0.15) is 35.3 Å². The second kappa shape index (κ2) is 8.62. The van der Waals surface area contributed by atoms with Crippen molar-refractivity contribution in [2.75, 3.05) is 5.32 Å². The number of nitrogens with zero attached hydrogens (tertiary/aromatic N) is 1. The van der Waals surface area contributed by atoms with E-state index in [1.54, 1.807) is 32.0 Å². The van der Waals surface area contributed by atoms with Crippen molar-refractivity contribution >= 4 is 28.9 Å². The van der Waals surface area contributed by atoms with E-state index in [0.29, 0.717) is 16.9 Å². The summed E-state index contributed by atoms with van der Waals surface area (Å²) in [4.78, 5) is 17.0. The summed E-state index contributed by atoms with van der Waals surface area (Å²) < 4.78 is 26.8.